The highest BCUT2D eigenvalue weighted by molar-refractivity contribution is 6.07. The van der Waals surface area contributed by atoms with E-state index in [1.165, 1.54) is 0 Å². The second-order valence-corrected chi connectivity index (χ2v) is 6.25. The number of hydrogen-bond acceptors (Lipinski definition) is 3. The third kappa shape index (κ3) is 3.24. The Morgan fingerprint density at radius 3 is 2.71 bits per heavy atom. The van der Waals surface area contributed by atoms with E-state index in [1.807, 2.05) is 34.0 Å². The first kappa shape index (κ1) is 15.5. The van der Waals surface area contributed by atoms with Crippen LogP contribution in [0.2, 0.25) is 0 Å². The Morgan fingerprint density at radius 1 is 1.33 bits per heavy atom. The number of hydrogen-bond donors (Lipinski definition) is 2. The topological polar surface area (TPSA) is 61.4 Å². The van der Waals surface area contributed by atoms with Gasteiger partial charge in [-0.25, -0.2) is 0 Å². The van der Waals surface area contributed by atoms with Crippen LogP contribution >= 0.6 is 0 Å². The average molecular weight is 289 g/mol. The van der Waals surface area contributed by atoms with Crippen LogP contribution in [0.5, 0.6) is 0 Å². The zero-order valence-corrected chi connectivity index (χ0v) is 13.1. The van der Waals surface area contributed by atoms with E-state index in [-0.39, 0.29) is 11.8 Å². The Hall–Kier alpha value is -1.88. The van der Waals surface area contributed by atoms with E-state index < -0.39 is 5.41 Å². The highest BCUT2D eigenvalue weighted by atomic mass is 16.2. The number of carbonyl (C=O) groups excluding carboxylic acids is 2. The van der Waals surface area contributed by atoms with Crippen molar-refractivity contribution in [2.45, 2.75) is 25.7 Å². The lowest BCUT2D eigenvalue weighted by Gasteiger charge is -2.16. The lowest BCUT2D eigenvalue weighted by molar-refractivity contribution is -0.119. The minimum atomic E-state index is -0.587. The molecule has 0 saturated heterocycles. The van der Waals surface area contributed by atoms with Crippen LogP contribution in [-0.4, -0.2) is 43.9 Å². The van der Waals surface area contributed by atoms with Gasteiger partial charge in [-0.2, -0.15) is 0 Å². The normalized spacial score (nSPS) is 15.8. The second-order valence-electron chi connectivity index (χ2n) is 6.25. The highest BCUT2D eigenvalue weighted by Crippen LogP contribution is 2.37. The molecule has 0 aliphatic carbocycles. The van der Waals surface area contributed by atoms with Gasteiger partial charge in [-0.05, 0) is 64.7 Å². The summed E-state index contributed by atoms with van der Waals surface area (Å²) in [4.78, 5) is 26.1. The zero-order valence-electron chi connectivity index (χ0n) is 13.1. The van der Waals surface area contributed by atoms with Crippen LogP contribution in [0.3, 0.4) is 0 Å². The van der Waals surface area contributed by atoms with E-state index in [2.05, 4.69) is 15.5 Å². The van der Waals surface area contributed by atoms with Gasteiger partial charge in [-0.1, -0.05) is 0 Å². The maximum atomic E-state index is 12.2. The molecule has 1 heterocycles. The number of rotatable bonds is 5. The number of carbonyl (C=O) groups is 2. The average Bonchev–Trinajstić information content (AvgIpc) is 2.64. The fraction of sp³-hybridized carbons (Fsp3) is 0.500. The van der Waals surface area contributed by atoms with Crippen LogP contribution in [0.1, 0.15) is 36.2 Å². The minimum Gasteiger partial charge on any atom is -0.352 e. The maximum Gasteiger partial charge on any atom is 0.251 e. The molecule has 0 unspecified atom stereocenters. The van der Waals surface area contributed by atoms with E-state index in [0.717, 1.165) is 24.2 Å². The molecule has 0 fully saturated rings. The summed E-state index contributed by atoms with van der Waals surface area (Å²) in [7, 11) is 4.02. The first-order valence-corrected chi connectivity index (χ1v) is 7.21. The summed E-state index contributed by atoms with van der Waals surface area (Å²) in [6.45, 7) is 5.32. The smallest absolute Gasteiger partial charge is 0.251 e. The minimum absolute atomic E-state index is 0.0268. The Kier molecular flexibility index (Phi) is 4.32. The van der Waals surface area contributed by atoms with Gasteiger partial charge in [0, 0.05) is 17.8 Å². The summed E-state index contributed by atoms with van der Waals surface area (Å²) in [5, 5.41) is 5.76. The van der Waals surface area contributed by atoms with Crippen LogP contribution in [0.15, 0.2) is 18.2 Å². The zero-order chi connectivity index (χ0) is 15.6. The lowest BCUT2D eigenvalue weighted by atomic mass is 9.85. The Labute approximate surface area is 125 Å². The van der Waals surface area contributed by atoms with E-state index in [4.69, 9.17) is 0 Å². The van der Waals surface area contributed by atoms with Crippen molar-refractivity contribution < 1.29 is 9.59 Å². The molecule has 0 aromatic heterocycles. The largest absolute Gasteiger partial charge is 0.352 e. The molecule has 0 bridgehead atoms. The van der Waals surface area contributed by atoms with Crippen molar-refractivity contribution >= 4 is 17.5 Å². The van der Waals surface area contributed by atoms with Gasteiger partial charge in [-0.3, -0.25) is 9.59 Å². The summed E-state index contributed by atoms with van der Waals surface area (Å²) >= 11 is 0. The molecule has 2 N–H and O–H groups in total. The molecule has 1 aromatic rings. The summed E-state index contributed by atoms with van der Waals surface area (Å²) in [5.41, 5.74) is 1.70. The molecule has 0 atom stereocenters. The van der Waals surface area contributed by atoms with Gasteiger partial charge in [0.05, 0.1) is 5.41 Å². The van der Waals surface area contributed by atoms with Crippen molar-refractivity contribution in [2.24, 2.45) is 0 Å². The van der Waals surface area contributed by atoms with Crippen molar-refractivity contribution in [3.05, 3.63) is 29.3 Å². The van der Waals surface area contributed by atoms with Gasteiger partial charge in [0.2, 0.25) is 5.91 Å². The Morgan fingerprint density at radius 2 is 2.05 bits per heavy atom. The second kappa shape index (κ2) is 5.85. The predicted molar refractivity (Wildman–Crippen MR) is 83.6 cm³/mol. The first-order chi connectivity index (χ1) is 9.82. The van der Waals surface area contributed by atoms with Crippen molar-refractivity contribution in [2.75, 3.05) is 32.5 Å². The monoisotopic (exact) mass is 289 g/mol. The van der Waals surface area contributed by atoms with Crippen molar-refractivity contribution in [1.82, 2.24) is 10.2 Å². The molecule has 0 saturated carbocycles. The SMILES string of the molecule is CN(C)CCCNC(=O)c1ccc2c(c1)C(C)(C)C(=O)N2. The van der Waals surface area contributed by atoms with Crippen LogP contribution in [0, 0.1) is 0 Å². The van der Waals surface area contributed by atoms with Gasteiger partial charge in [0.1, 0.15) is 0 Å². The number of fused-ring (bicyclic) bond motifs is 1. The molecule has 5 nitrogen and oxygen atoms in total. The van der Waals surface area contributed by atoms with E-state index >= 15 is 0 Å². The molecule has 2 amide bonds. The first-order valence-electron chi connectivity index (χ1n) is 7.21. The van der Waals surface area contributed by atoms with Gasteiger partial charge in [-0.15, -0.1) is 0 Å². The molecule has 21 heavy (non-hydrogen) atoms. The van der Waals surface area contributed by atoms with Crippen molar-refractivity contribution in [1.29, 1.82) is 0 Å². The van der Waals surface area contributed by atoms with Crippen LogP contribution < -0.4 is 10.6 Å². The highest BCUT2D eigenvalue weighted by Gasteiger charge is 2.38. The number of amides is 2. The summed E-state index contributed by atoms with van der Waals surface area (Å²) in [6, 6.07) is 5.37. The number of nitrogens with zero attached hydrogens (tertiary/aromatic N) is 1. The fourth-order valence-electron chi connectivity index (χ4n) is 2.41. The maximum absolute atomic E-state index is 12.2. The third-order valence-corrected chi connectivity index (χ3v) is 3.84. The number of nitrogens with one attached hydrogen (secondary N) is 2. The van der Waals surface area contributed by atoms with Crippen LogP contribution in [0.4, 0.5) is 5.69 Å². The van der Waals surface area contributed by atoms with Crippen LogP contribution in [-0.2, 0) is 10.2 Å². The molecular formula is C16H23N3O2. The van der Waals surface area contributed by atoms with Crippen molar-refractivity contribution in [3.63, 3.8) is 0 Å². The molecule has 1 aliphatic heterocycles. The number of anilines is 1. The van der Waals surface area contributed by atoms with Crippen LogP contribution in [0.25, 0.3) is 0 Å². The summed E-state index contributed by atoms with van der Waals surface area (Å²) < 4.78 is 0. The van der Waals surface area contributed by atoms with Crippen molar-refractivity contribution in [3.8, 4) is 0 Å². The van der Waals surface area contributed by atoms with Gasteiger partial charge in [0.15, 0.2) is 0 Å². The summed E-state index contributed by atoms with van der Waals surface area (Å²) in [5.74, 6) is -0.118. The molecule has 0 radical (unpaired) electrons. The number of benzene rings is 1. The quantitative estimate of drug-likeness (QED) is 0.809. The summed E-state index contributed by atoms with van der Waals surface area (Å²) in [6.07, 6.45) is 0.912. The van der Waals surface area contributed by atoms with E-state index in [0.29, 0.717) is 12.1 Å². The molecule has 1 aromatic carbocycles. The standard InChI is InChI=1S/C16H23N3O2/c1-16(2)12-10-11(6-7-13(12)18-15(16)21)14(20)17-8-5-9-19(3)4/h6-7,10H,5,8-9H2,1-4H3,(H,17,20)(H,18,21). The molecule has 2 rings (SSSR count). The van der Waals surface area contributed by atoms with Gasteiger partial charge >= 0.3 is 0 Å². The predicted octanol–water partition coefficient (Wildman–Crippen LogP) is 1.60. The van der Waals surface area contributed by atoms with Gasteiger partial charge in [0.25, 0.3) is 5.91 Å². The van der Waals surface area contributed by atoms with E-state index in [9.17, 15) is 9.59 Å². The molecule has 114 valence electrons. The third-order valence-electron chi connectivity index (χ3n) is 3.84. The molecular weight excluding hydrogens is 266 g/mol. The molecule has 1 aliphatic rings. The molecule has 5 heteroatoms. The Bertz CT molecular complexity index is 565. The van der Waals surface area contributed by atoms with E-state index in [1.54, 1.807) is 12.1 Å². The lowest BCUT2D eigenvalue weighted by Crippen LogP contribution is -2.28. The molecule has 0 spiro atoms. The Balaban J connectivity index is 2.04. The fourth-order valence-corrected chi connectivity index (χ4v) is 2.41. The van der Waals surface area contributed by atoms with Gasteiger partial charge < -0.3 is 15.5 Å².